The van der Waals surface area contributed by atoms with Crippen LogP contribution in [0, 0.1) is 5.92 Å². The Morgan fingerprint density at radius 3 is 2.67 bits per heavy atom. The predicted molar refractivity (Wildman–Crippen MR) is 83.0 cm³/mol. The SMILES string of the molecule is CC(NC(=O)N1CCCC(C(=O)O)C1)c1ccc(Br)cc1. The fourth-order valence-electron chi connectivity index (χ4n) is 2.47. The molecule has 1 fully saturated rings. The van der Waals surface area contributed by atoms with E-state index in [9.17, 15) is 9.59 Å². The normalized spacial score (nSPS) is 19.9. The summed E-state index contributed by atoms with van der Waals surface area (Å²) in [5.41, 5.74) is 1.01. The highest BCUT2D eigenvalue weighted by Crippen LogP contribution is 2.19. The van der Waals surface area contributed by atoms with Crippen LogP contribution in [0.5, 0.6) is 0 Å². The van der Waals surface area contributed by atoms with E-state index in [1.165, 1.54) is 0 Å². The Balaban J connectivity index is 1.94. The van der Waals surface area contributed by atoms with E-state index in [0.717, 1.165) is 16.5 Å². The minimum Gasteiger partial charge on any atom is -0.481 e. The molecule has 21 heavy (non-hydrogen) atoms. The topological polar surface area (TPSA) is 69.6 Å². The van der Waals surface area contributed by atoms with Crippen molar-refractivity contribution in [1.29, 1.82) is 0 Å². The van der Waals surface area contributed by atoms with Gasteiger partial charge in [-0.05, 0) is 37.5 Å². The van der Waals surface area contributed by atoms with Crippen molar-refractivity contribution in [3.63, 3.8) is 0 Å². The number of carbonyl (C=O) groups excluding carboxylic acids is 1. The molecule has 114 valence electrons. The number of rotatable bonds is 3. The number of hydrogen-bond donors (Lipinski definition) is 2. The highest BCUT2D eigenvalue weighted by atomic mass is 79.9. The smallest absolute Gasteiger partial charge is 0.317 e. The number of amides is 2. The highest BCUT2D eigenvalue weighted by molar-refractivity contribution is 9.10. The fourth-order valence-corrected chi connectivity index (χ4v) is 2.74. The zero-order valence-electron chi connectivity index (χ0n) is 11.9. The number of halogens is 1. The number of hydrogen-bond acceptors (Lipinski definition) is 2. The van der Waals surface area contributed by atoms with Gasteiger partial charge in [0.25, 0.3) is 0 Å². The third-order valence-electron chi connectivity index (χ3n) is 3.77. The third-order valence-corrected chi connectivity index (χ3v) is 4.30. The number of carbonyl (C=O) groups is 2. The van der Waals surface area contributed by atoms with Gasteiger partial charge in [0, 0.05) is 17.6 Å². The number of benzene rings is 1. The first-order chi connectivity index (χ1) is 9.97. The molecule has 2 unspecified atom stereocenters. The summed E-state index contributed by atoms with van der Waals surface area (Å²) in [7, 11) is 0. The molecule has 0 aliphatic carbocycles. The molecular weight excluding hydrogens is 336 g/mol. The van der Waals surface area contributed by atoms with Gasteiger partial charge in [0.15, 0.2) is 0 Å². The Kier molecular flexibility index (Phi) is 5.22. The first-order valence-electron chi connectivity index (χ1n) is 7.01. The minimum atomic E-state index is -0.826. The molecule has 0 saturated carbocycles. The zero-order chi connectivity index (χ0) is 15.4. The number of urea groups is 1. The van der Waals surface area contributed by atoms with Crippen molar-refractivity contribution < 1.29 is 14.7 Å². The van der Waals surface area contributed by atoms with Gasteiger partial charge < -0.3 is 15.3 Å². The Morgan fingerprint density at radius 2 is 2.05 bits per heavy atom. The molecule has 2 N–H and O–H groups in total. The van der Waals surface area contributed by atoms with Crippen LogP contribution in [-0.2, 0) is 4.79 Å². The Labute approximate surface area is 132 Å². The monoisotopic (exact) mass is 354 g/mol. The molecule has 0 radical (unpaired) electrons. The third kappa shape index (κ3) is 4.20. The summed E-state index contributed by atoms with van der Waals surface area (Å²) in [4.78, 5) is 24.9. The van der Waals surface area contributed by atoms with Crippen LogP contribution in [0.2, 0.25) is 0 Å². The lowest BCUT2D eigenvalue weighted by molar-refractivity contribution is -0.143. The molecule has 1 heterocycles. The van der Waals surface area contributed by atoms with Gasteiger partial charge in [0.05, 0.1) is 12.0 Å². The lowest BCUT2D eigenvalue weighted by atomic mass is 9.98. The second kappa shape index (κ2) is 6.93. The number of aliphatic carboxylic acids is 1. The number of carboxylic acid groups (broad SMARTS) is 1. The van der Waals surface area contributed by atoms with E-state index in [1.54, 1.807) is 4.90 Å². The van der Waals surface area contributed by atoms with E-state index in [-0.39, 0.29) is 18.6 Å². The van der Waals surface area contributed by atoms with Gasteiger partial charge >= 0.3 is 12.0 Å². The molecule has 6 heteroatoms. The average Bonchev–Trinajstić information content (AvgIpc) is 2.48. The summed E-state index contributed by atoms with van der Waals surface area (Å²) in [6, 6.07) is 7.45. The van der Waals surface area contributed by atoms with Crippen molar-refractivity contribution in [2.24, 2.45) is 5.92 Å². The van der Waals surface area contributed by atoms with Crippen LogP contribution in [0.4, 0.5) is 4.79 Å². The first-order valence-corrected chi connectivity index (χ1v) is 7.80. The van der Waals surface area contributed by atoms with Gasteiger partial charge in [-0.25, -0.2) is 4.79 Å². The summed E-state index contributed by atoms with van der Waals surface area (Å²) in [6.07, 6.45) is 1.37. The van der Waals surface area contributed by atoms with E-state index in [2.05, 4.69) is 21.2 Å². The summed E-state index contributed by atoms with van der Waals surface area (Å²) >= 11 is 3.38. The van der Waals surface area contributed by atoms with Gasteiger partial charge in [-0.1, -0.05) is 28.1 Å². The van der Waals surface area contributed by atoms with E-state index in [4.69, 9.17) is 5.11 Å². The Bertz CT molecular complexity index is 518. The minimum absolute atomic E-state index is 0.115. The summed E-state index contributed by atoms with van der Waals surface area (Å²) in [5.74, 6) is -1.28. The maximum Gasteiger partial charge on any atom is 0.317 e. The van der Waals surface area contributed by atoms with Gasteiger partial charge in [-0.3, -0.25) is 4.79 Å². The van der Waals surface area contributed by atoms with Gasteiger partial charge in [-0.2, -0.15) is 0 Å². The maximum absolute atomic E-state index is 12.2. The standard InChI is InChI=1S/C15H19BrN2O3/c1-10(11-4-6-13(16)7-5-11)17-15(21)18-8-2-3-12(9-18)14(19)20/h4-7,10,12H,2-3,8-9H2,1H3,(H,17,21)(H,19,20). The molecular formula is C15H19BrN2O3. The number of likely N-dealkylation sites (tertiary alicyclic amines) is 1. The second-order valence-corrected chi connectivity index (χ2v) is 6.26. The van der Waals surface area contributed by atoms with Crippen LogP contribution < -0.4 is 5.32 Å². The number of piperidine rings is 1. The van der Waals surface area contributed by atoms with Crippen molar-refractivity contribution in [1.82, 2.24) is 10.2 Å². The van der Waals surface area contributed by atoms with Crippen LogP contribution in [0.3, 0.4) is 0 Å². The Morgan fingerprint density at radius 1 is 1.38 bits per heavy atom. The van der Waals surface area contributed by atoms with Crippen molar-refractivity contribution >= 4 is 27.9 Å². The number of carboxylic acids is 1. The lowest BCUT2D eigenvalue weighted by Crippen LogP contribution is -2.47. The molecule has 1 aliphatic rings. The van der Waals surface area contributed by atoms with Gasteiger partial charge in [-0.15, -0.1) is 0 Å². The van der Waals surface area contributed by atoms with E-state index < -0.39 is 11.9 Å². The first kappa shape index (κ1) is 15.8. The van der Waals surface area contributed by atoms with Crippen molar-refractivity contribution in [2.75, 3.05) is 13.1 Å². The van der Waals surface area contributed by atoms with Gasteiger partial charge in [0.1, 0.15) is 0 Å². The predicted octanol–water partition coefficient (Wildman–Crippen LogP) is 3.02. The maximum atomic E-state index is 12.2. The molecule has 0 spiro atoms. The highest BCUT2D eigenvalue weighted by Gasteiger charge is 2.28. The van der Waals surface area contributed by atoms with Crippen molar-refractivity contribution in [2.45, 2.75) is 25.8 Å². The fraction of sp³-hybridized carbons (Fsp3) is 0.467. The van der Waals surface area contributed by atoms with E-state index >= 15 is 0 Å². The summed E-state index contributed by atoms with van der Waals surface area (Å²) in [6.45, 7) is 2.82. The molecule has 1 saturated heterocycles. The van der Waals surface area contributed by atoms with Gasteiger partial charge in [0.2, 0.25) is 0 Å². The molecule has 1 aromatic rings. The molecule has 2 amide bonds. The van der Waals surface area contributed by atoms with Crippen molar-refractivity contribution in [3.8, 4) is 0 Å². The molecule has 2 atom stereocenters. The number of nitrogens with zero attached hydrogens (tertiary/aromatic N) is 1. The van der Waals surface area contributed by atoms with Crippen LogP contribution in [0.25, 0.3) is 0 Å². The summed E-state index contributed by atoms with van der Waals surface area (Å²) < 4.78 is 0.991. The molecule has 1 aliphatic heterocycles. The molecule has 0 aromatic heterocycles. The average molecular weight is 355 g/mol. The quantitative estimate of drug-likeness (QED) is 0.876. The largest absolute Gasteiger partial charge is 0.481 e. The second-order valence-electron chi connectivity index (χ2n) is 5.35. The molecule has 0 bridgehead atoms. The molecule has 1 aromatic carbocycles. The Hall–Kier alpha value is -1.56. The van der Waals surface area contributed by atoms with Crippen LogP contribution in [0.1, 0.15) is 31.4 Å². The van der Waals surface area contributed by atoms with Crippen LogP contribution in [-0.4, -0.2) is 35.1 Å². The zero-order valence-corrected chi connectivity index (χ0v) is 13.5. The van der Waals surface area contributed by atoms with E-state index in [1.807, 2.05) is 31.2 Å². The molecule has 2 rings (SSSR count). The lowest BCUT2D eigenvalue weighted by Gasteiger charge is -2.31. The number of nitrogens with one attached hydrogen (secondary N) is 1. The van der Waals surface area contributed by atoms with Crippen LogP contribution in [0.15, 0.2) is 28.7 Å². The van der Waals surface area contributed by atoms with Crippen molar-refractivity contribution in [3.05, 3.63) is 34.3 Å². The van der Waals surface area contributed by atoms with E-state index in [0.29, 0.717) is 13.0 Å². The summed E-state index contributed by atoms with van der Waals surface area (Å²) in [5, 5.41) is 12.0. The van der Waals surface area contributed by atoms with Crippen LogP contribution >= 0.6 is 15.9 Å². The molecule has 5 nitrogen and oxygen atoms in total.